The van der Waals surface area contributed by atoms with Crippen molar-refractivity contribution in [2.24, 2.45) is 0 Å². The van der Waals surface area contributed by atoms with Crippen molar-refractivity contribution in [1.82, 2.24) is 10.2 Å². The minimum absolute atomic E-state index is 0.339. The molecule has 0 unspecified atom stereocenters. The number of rotatable bonds is 2. The second-order valence-corrected chi connectivity index (χ2v) is 5.63. The molecule has 1 heterocycles. The van der Waals surface area contributed by atoms with Gasteiger partial charge in [-0.3, -0.25) is 5.10 Å². The number of hydrogen-bond acceptors (Lipinski definition) is 2. The maximum absolute atomic E-state index is 9.18. The fourth-order valence-corrected chi connectivity index (χ4v) is 3.03. The minimum Gasteiger partial charge on any atom is -0.276 e. The average molecular weight is 260 g/mol. The van der Waals surface area contributed by atoms with Crippen LogP contribution in [0, 0.1) is 11.3 Å². The number of nitrogens with one attached hydrogen (secondary N) is 1. The summed E-state index contributed by atoms with van der Waals surface area (Å²) in [6, 6.07) is 4.07. The normalized spacial score (nSPS) is 15.3. The first-order chi connectivity index (χ1) is 8.63. The highest BCUT2D eigenvalue weighted by Crippen LogP contribution is 2.48. The van der Waals surface area contributed by atoms with Crippen molar-refractivity contribution < 1.29 is 0 Å². The second kappa shape index (κ2) is 4.00. The van der Waals surface area contributed by atoms with E-state index in [1.807, 2.05) is 6.07 Å². The molecule has 1 N–H and O–H groups in total. The van der Waals surface area contributed by atoms with E-state index in [0.717, 1.165) is 15.9 Å². The zero-order chi connectivity index (χ0) is 12.9. The van der Waals surface area contributed by atoms with Crippen molar-refractivity contribution in [1.29, 1.82) is 5.26 Å². The van der Waals surface area contributed by atoms with Crippen molar-refractivity contribution in [3.8, 4) is 6.07 Å². The molecular weight excluding hydrogens is 246 g/mol. The number of aromatic amines is 1. The van der Waals surface area contributed by atoms with Crippen LogP contribution < -0.4 is 0 Å². The Morgan fingerprint density at radius 2 is 2.22 bits per heavy atom. The standard InChI is InChI=1S/C14H14ClN3/c1-7(2)12-13(8-3-4-8)9(15)5-10-14(12)11(6-16)18-17-10/h5,7-8H,3-4H2,1-2H3,(H,17,18). The molecule has 0 bridgehead atoms. The molecule has 0 aliphatic heterocycles. The third-order valence-electron chi connectivity index (χ3n) is 3.55. The van der Waals surface area contributed by atoms with E-state index in [1.54, 1.807) is 0 Å². The molecule has 2 aromatic rings. The van der Waals surface area contributed by atoms with Crippen molar-refractivity contribution in [2.75, 3.05) is 0 Å². The Bertz CT molecular complexity index is 660. The molecule has 3 nitrogen and oxygen atoms in total. The van der Waals surface area contributed by atoms with Gasteiger partial charge in [-0.1, -0.05) is 25.4 Å². The summed E-state index contributed by atoms with van der Waals surface area (Å²) in [5, 5.41) is 17.9. The van der Waals surface area contributed by atoms with Gasteiger partial charge in [0.2, 0.25) is 0 Å². The molecule has 0 radical (unpaired) electrons. The zero-order valence-electron chi connectivity index (χ0n) is 10.4. The van der Waals surface area contributed by atoms with E-state index >= 15 is 0 Å². The van der Waals surface area contributed by atoms with Crippen LogP contribution in [0.2, 0.25) is 5.02 Å². The predicted octanol–water partition coefficient (Wildman–Crippen LogP) is 4.09. The first kappa shape index (κ1) is 11.6. The molecule has 3 rings (SSSR count). The summed E-state index contributed by atoms with van der Waals surface area (Å²) in [5.74, 6) is 0.909. The molecule has 0 spiro atoms. The Hall–Kier alpha value is -1.53. The fraction of sp³-hybridized carbons (Fsp3) is 0.429. The van der Waals surface area contributed by atoms with Crippen molar-refractivity contribution in [3.63, 3.8) is 0 Å². The number of halogens is 1. The Morgan fingerprint density at radius 1 is 1.50 bits per heavy atom. The molecule has 0 saturated heterocycles. The Morgan fingerprint density at radius 3 is 2.78 bits per heavy atom. The van der Waals surface area contributed by atoms with Gasteiger partial charge in [-0.05, 0) is 41.9 Å². The van der Waals surface area contributed by atoms with Crippen molar-refractivity contribution in [3.05, 3.63) is 27.9 Å². The monoisotopic (exact) mass is 259 g/mol. The molecule has 1 saturated carbocycles. The smallest absolute Gasteiger partial charge is 0.170 e. The Labute approximate surface area is 111 Å². The number of benzene rings is 1. The van der Waals surface area contributed by atoms with Gasteiger partial charge in [0, 0.05) is 10.4 Å². The first-order valence-corrected chi connectivity index (χ1v) is 6.61. The van der Waals surface area contributed by atoms with E-state index in [9.17, 15) is 5.26 Å². The first-order valence-electron chi connectivity index (χ1n) is 6.24. The lowest BCUT2D eigenvalue weighted by Crippen LogP contribution is -1.98. The maximum atomic E-state index is 9.18. The van der Waals surface area contributed by atoms with E-state index < -0.39 is 0 Å². The molecule has 92 valence electrons. The van der Waals surface area contributed by atoms with Crippen molar-refractivity contribution in [2.45, 2.75) is 38.5 Å². The highest BCUT2D eigenvalue weighted by molar-refractivity contribution is 6.32. The van der Waals surface area contributed by atoms with Gasteiger partial charge in [-0.25, -0.2) is 0 Å². The topological polar surface area (TPSA) is 52.5 Å². The van der Waals surface area contributed by atoms with Gasteiger partial charge >= 0.3 is 0 Å². The van der Waals surface area contributed by atoms with Crippen LogP contribution in [-0.4, -0.2) is 10.2 Å². The van der Waals surface area contributed by atoms with E-state index in [0.29, 0.717) is 17.5 Å². The highest BCUT2D eigenvalue weighted by atomic mass is 35.5. The van der Waals surface area contributed by atoms with Crippen LogP contribution in [0.1, 0.15) is 55.3 Å². The lowest BCUT2D eigenvalue weighted by Gasteiger charge is -2.15. The predicted molar refractivity (Wildman–Crippen MR) is 71.9 cm³/mol. The largest absolute Gasteiger partial charge is 0.276 e. The molecule has 18 heavy (non-hydrogen) atoms. The number of hydrogen-bond donors (Lipinski definition) is 1. The van der Waals surface area contributed by atoms with Gasteiger partial charge in [-0.2, -0.15) is 10.4 Å². The van der Waals surface area contributed by atoms with Crippen molar-refractivity contribution >= 4 is 22.5 Å². The quantitative estimate of drug-likeness (QED) is 0.883. The third-order valence-corrected chi connectivity index (χ3v) is 3.86. The molecule has 1 aromatic carbocycles. The van der Waals surface area contributed by atoms with Gasteiger partial charge < -0.3 is 0 Å². The molecular formula is C14H14ClN3. The van der Waals surface area contributed by atoms with Crippen LogP contribution in [0.4, 0.5) is 0 Å². The summed E-state index contributed by atoms with van der Waals surface area (Å²) in [6.07, 6.45) is 2.40. The summed E-state index contributed by atoms with van der Waals surface area (Å²) in [7, 11) is 0. The number of nitriles is 1. The summed E-state index contributed by atoms with van der Waals surface area (Å²) < 4.78 is 0. The van der Waals surface area contributed by atoms with Crippen LogP contribution in [0.5, 0.6) is 0 Å². The zero-order valence-corrected chi connectivity index (χ0v) is 11.2. The minimum atomic E-state index is 0.339. The van der Waals surface area contributed by atoms with Crippen LogP contribution in [0.25, 0.3) is 10.9 Å². The molecule has 0 atom stereocenters. The number of aromatic nitrogens is 2. The lowest BCUT2D eigenvalue weighted by atomic mass is 9.90. The van der Waals surface area contributed by atoms with E-state index in [-0.39, 0.29) is 0 Å². The summed E-state index contributed by atoms with van der Waals surface area (Å²) in [6.45, 7) is 4.29. The SMILES string of the molecule is CC(C)c1c(C2CC2)c(Cl)cc2[nH]nc(C#N)c12. The van der Waals surface area contributed by atoms with Crippen LogP contribution in [0.15, 0.2) is 6.07 Å². The van der Waals surface area contributed by atoms with Crippen LogP contribution in [-0.2, 0) is 0 Å². The third kappa shape index (κ3) is 1.60. The molecule has 1 aliphatic rings. The average Bonchev–Trinajstić information content (AvgIpc) is 3.08. The van der Waals surface area contributed by atoms with Crippen LogP contribution in [0.3, 0.4) is 0 Å². The Balaban J connectivity index is 2.42. The highest BCUT2D eigenvalue weighted by Gasteiger charge is 2.31. The number of H-pyrrole nitrogens is 1. The van der Waals surface area contributed by atoms with Gasteiger partial charge in [-0.15, -0.1) is 0 Å². The second-order valence-electron chi connectivity index (χ2n) is 5.22. The summed E-state index contributed by atoms with van der Waals surface area (Å²) in [5.41, 5.74) is 3.78. The fourth-order valence-electron chi connectivity index (χ4n) is 2.67. The van der Waals surface area contributed by atoms with Gasteiger partial charge in [0.05, 0.1) is 5.52 Å². The lowest BCUT2D eigenvalue weighted by molar-refractivity contribution is 0.852. The summed E-state index contributed by atoms with van der Waals surface area (Å²) in [4.78, 5) is 0. The molecule has 1 fully saturated rings. The maximum Gasteiger partial charge on any atom is 0.170 e. The van der Waals surface area contributed by atoms with E-state index in [2.05, 4.69) is 30.1 Å². The van der Waals surface area contributed by atoms with Gasteiger partial charge in [0.1, 0.15) is 6.07 Å². The number of fused-ring (bicyclic) bond motifs is 1. The summed E-state index contributed by atoms with van der Waals surface area (Å²) >= 11 is 6.41. The van der Waals surface area contributed by atoms with Gasteiger partial charge in [0.25, 0.3) is 0 Å². The van der Waals surface area contributed by atoms with Gasteiger partial charge in [0.15, 0.2) is 5.69 Å². The van der Waals surface area contributed by atoms with E-state index in [4.69, 9.17) is 11.6 Å². The Kier molecular flexibility index (Phi) is 2.57. The van der Waals surface area contributed by atoms with E-state index in [1.165, 1.54) is 24.0 Å². The van der Waals surface area contributed by atoms with Crippen LogP contribution >= 0.6 is 11.6 Å². The molecule has 4 heteroatoms. The molecule has 1 aliphatic carbocycles. The molecule has 0 amide bonds. The number of nitrogens with zero attached hydrogens (tertiary/aromatic N) is 2. The molecule has 1 aromatic heterocycles.